The summed E-state index contributed by atoms with van der Waals surface area (Å²) in [6.07, 6.45) is 3.43. The molecular weight excluding hydrogens is 226 g/mol. The third-order valence-electron chi connectivity index (χ3n) is 3.70. The highest BCUT2D eigenvalue weighted by Gasteiger charge is 2.27. The molecule has 1 amide bonds. The predicted octanol–water partition coefficient (Wildman–Crippen LogP) is 2.29. The van der Waals surface area contributed by atoms with Crippen LogP contribution in [-0.4, -0.2) is 33.9 Å². The molecule has 1 aliphatic rings. The summed E-state index contributed by atoms with van der Waals surface area (Å²) in [5, 5.41) is 1.15. The molecule has 18 heavy (non-hydrogen) atoms. The van der Waals surface area contributed by atoms with Crippen molar-refractivity contribution in [3.63, 3.8) is 0 Å². The third kappa shape index (κ3) is 1.88. The summed E-state index contributed by atoms with van der Waals surface area (Å²) in [7, 11) is 0. The molecule has 0 bridgehead atoms. The Morgan fingerprint density at radius 3 is 3.28 bits per heavy atom. The van der Waals surface area contributed by atoms with Crippen LogP contribution in [0.25, 0.3) is 11.0 Å². The molecule has 4 nitrogen and oxygen atoms in total. The summed E-state index contributed by atoms with van der Waals surface area (Å²) in [4.78, 5) is 21.3. The molecule has 4 heteroatoms. The van der Waals surface area contributed by atoms with Gasteiger partial charge in [0, 0.05) is 42.7 Å². The number of rotatable bonds is 2. The minimum atomic E-state index is 0.256. The van der Waals surface area contributed by atoms with Crippen LogP contribution in [0.3, 0.4) is 0 Å². The van der Waals surface area contributed by atoms with Gasteiger partial charge in [-0.05, 0) is 24.6 Å². The molecule has 3 heterocycles. The minimum Gasteiger partial charge on any atom is -0.343 e. The minimum absolute atomic E-state index is 0.256. The lowest BCUT2D eigenvalue weighted by Gasteiger charge is -2.14. The number of fused-ring (bicyclic) bond motifs is 1. The van der Waals surface area contributed by atoms with Gasteiger partial charge in [0.15, 0.2) is 0 Å². The van der Waals surface area contributed by atoms with Gasteiger partial charge in [-0.25, -0.2) is 4.98 Å². The van der Waals surface area contributed by atoms with E-state index in [-0.39, 0.29) is 5.91 Å². The molecule has 1 fully saturated rings. The second-order valence-corrected chi connectivity index (χ2v) is 4.84. The number of H-pyrrole nitrogens is 1. The molecular formula is C14H17N3O. The molecule has 3 rings (SSSR count). The van der Waals surface area contributed by atoms with E-state index in [1.54, 1.807) is 6.20 Å². The molecule has 0 radical (unpaired) electrons. The molecule has 2 aromatic heterocycles. The number of nitrogens with zero attached hydrogens (tertiary/aromatic N) is 2. The van der Waals surface area contributed by atoms with Gasteiger partial charge >= 0.3 is 0 Å². The van der Waals surface area contributed by atoms with Gasteiger partial charge in [-0.1, -0.05) is 6.92 Å². The Labute approximate surface area is 106 Å². The van der Waals surface area contributed by atoms with Crippen LogP contribution < -0.4 is 0 Å². The molecule has 0 saturated carbocycles. The molecule has 1 saturated heterocycles. The topological polar surface area (TPSA) is 49.0 Å². The van der Waals surface area contributed by atoms with Crippen LogP contribution in [-0.2, 0) is 4.79 Å². The highest BCUT2D eigenvalue weighted by molar-refractivity contribution is 5.77. The van der Waals surface area contributed by atoms with Crippen molar-refractivity contribution in [2.45, 2.75) is 25.7 Å². The van der Waals surface area contributed by atoms with Crippen molar-refractivity contribution in [3.8, 4) is 0 Å². The van der Waals surface area contributed by atoms with Gasteiger partial charge in [-0.2, -0.15) is 0 Å². The lowest BCUT2D eigenvalue weighted by atomic mass is 10.1. The van der Waals surface area contributed by atoms with Crippen molar-refractivity contribution in [2.75, 3.05) is 13.1 Å². The molecule has 94 valence electrons. The highest BCUT2D eigenvalue weighted by atomic mass is 16.2. The number of hydrogen-bond acceptors (Lipinski definition) is 2. The average molecular weight is 243 g/mol. The Morgan fingerprint density at radius 2 is 2.50 bits per heavy atom. The number of amides is 1. The van der Waals surface area contributed by atoms with E-state index in [0.717, 1.165) is 30.5 Å². The first-order chi connectivity index (χ1) is 8.78. The molecule has 0 aliphatic carbocycles. The summed E-state index contributed by atoms with van der Waals surface area (Å²) in [6, 6.07) is 6.17. The normalized spacial score (nSPS) is 19.6. The van der Waals surface area contributed by atoms with E-state index in [2.05, 4.69) is 22.1 Å². The number of carbonyl (C=O) groups is 1. The summed E-state index contributed by atoms with van der Waals surface area (Å²) in [6.45, 7) is 3.63. The van der Waals surface area contributed by atoms with E-state index in [1.165, 1.54) is 5.69 Å². The Balaban J connectivity index is 1.82. The molecule has 1 aliphatic heterocycles. The number of likely N-dealkylation sites (tertiary alicyclic amines) is 1. The molecule has 0 spiro atoms. The van der Waals surface area contributed by atoms with E-state index in [0.29, 0.717) is 12.3 Å². The first kappa shape index (κ1) is 11.3. The smallest absolute Gasteiger partial charge is 0.222 e. The molecule has 1 unspecified atom stereocenters. The van der Waals surface area contributed by atoms with Gasteiger partial charge in [-0.15, -0.1) is 0 Å². The van der Waals surface area contributed by atoms with Crippen molar-refractivity contribution >= 4 is 16.9 Å². The zero-order chi connectivity index (χ0) is 12.5. The predicted molar refractivity (Wildman–Crippen MR) is 70.3 cm³/mol. The van der Waals surface area contributed by atoms with E-state index in [1.807, 2.05) is 17.9 Å². The van der Waals surface area contributed by atoms with Crippen molar-refractivity contribution < 1.29 is 4.79 Å². The van der Waals surface area contributed by atoms with Gasteiger partial charge < -0.3 is 9.88 Å². The summed E-state index contributed by atoms with van der Waals surface area (Å²) in [5.41, 5.74) is 2.14. The SMILES string of the molecule is CCC(=O)N1CCC(c2cc3cccnc3[nH]2)C1. The second kappa shape index (κ2) is 4.44. The average Bonchev–Trinajstić information content (AvgIpc) is 3.03. The largest absolute Gasteiger partial charge is 0.343 e. The number of hydrogen-bond donors (Lipinski definition) is 1. The van der Waals surface area contributed by atoms with Gasteiger partial charge in [0.1, 0.15) is 5.65 Å². The quantitative estimate of drug-likeness (QED) is 0.879. The van der Waals surface area contributed by atoms with Crippen LogP contribution in [0.4, 0.5) is 0 Å². The Bertz CT molecular complexity index is 542. The molecule has 2 aromatic rings. The van der Waals surface area contributed by atoms with Gasteiger partial charge in [-0.3, -0.25) is 4.79 Å². The zero-order valence-corrected chi connectivity index (χ0v) is 10.5. The van der Waals surface area contributed by atoms with E-state index >= 15 is 0 Å². The van der Waals surface area contributed by atoms with Crippen LogP contribution in [0, 0.1) is 0 Å². The molecule has 1 atom stereocenters. The number of aromatic amines is 1. The maximum atomic E-state index is 11.7. The highest BCUT2D eigenvalue weighted by Crippen LogP contribution is 2.28. The fourth-order valence-electron chi connectivity index (χ4n) is 2.66. The van der Waals surface area contributed by atoms with Crippen molar-refractivity contribution in [1.82, 2.24) is 14.9 Å². The molecule has 0 aromatic carbocycles. The number of aromatic nitrogens is 2. The van der Waals surface area contributed by atoms with Crippen molar-refractivity contribution in [3.05, 3.63) is 30.1 Å². The summed E-state index contributed by atoms with van der Waals surface area (Å²) >= 11 is 0. The summed E-state index contributed by atoms with van der Waals surface area (Å²) < 4.78 is 0. The van der Waals surface area contributed by atoms with Crippen molar-refractivity contribution in [1.29, 1.82) is 0 Å². The maximum absolute atomic E-state index is 11.7. The monoisotopic (exact) mass is 243 g/mol. The Hall–Kier alpha value is -1.84. The van der Waals surface area contributed by atoms with Crippen LogP contribution in [0.5, 0.6) is 0 Å². The number of carbonyl (C=O) groups excluding carboxylic acids is 1. The fraction of sp³-hybridized carbons (Fsp3) is 0.429. The second-order valence-electron chi connectivity index (χ2n) is 4.84. The standard InChI is InChI=1S/C14H17N3O/c1-2-13(18)17-7-5-11(9-17)12-8-10-4-3-6-15-14(10)16-12/h3-4,6,8,11H,2,5,7,9H2,1H3,(H,15,16). The van der Waals surface area contributed by atoms with Crippen molar-refractivity contribution in [2.24, 2.45) is 0 Å². The lowest BCUT2D eigenvalue weighted by molar-refractivity contribution is -0.129. The van der Waals surface area contributed by atoms with Gasteiger partial charge in [0.2, 0.25) is 5.91 Å². The molecule has 1 N–H and O–H groups in total. The first-order valence-electron chi connectivity index (χ1n) is 6.49. The van der Waals surface area contributed by atoms with Crippen LogP contribution >= 0.6 is 0 Å². The summed E-state index contributed by atoms with van der Waals surface area (Å²) in [5.74, 6) is 0.682. The third-order valence-corrected chi connectivity index (χ3v) is 3.70. The fourth-order valence-corrected chi connectivity index (χ4v) is 2.66. The Kier molecular flexibility index (Phi) is 2.78. The van der Waals surface area contributed by atoms with Crippen LogP contribution in [0.2, 0.25) is 0 Å². The van der Waals surface area contributed by atoms with Crippen LogP contribution in [0.15, 0.2) is 24.4 Å². The van der Waals surface area contributed by atoms with Crippen LogP contribution in [0.1, 0.15) is 31.4 Å². The number of nitrogens with one attached hydrogen (secondary N) is 1. The lowest BCUT2D eigenvalue weighted by Crippen LogP contribution is -2.27. The van der Waals surface area contributed by atoms with E-state index in [4.69, 9.17) is 0 Å². The van der Waals surface area contributed by atoms with E-state index < -0.39 is 0 Å². The van der Waals surface area contributed by atoms with E-state index in [9.17, 15) is 4.79 Å². The first-order valence-corrected chi connectivity index (χ1v) is 6.49. The van der Waals surface area contributed by atoms with Gasteiger partial charge in [0.25, 0.3) is 0 Å². The van der Waals surface area contributed by atoms with Gasteiger partial charge in [0.05, 0.1) is 0 Å². The Morgan fingerprint density at radius 1 is 1.61 bits per heavy atom. The maximum Gasteiger partial charge on any atom is 0.222 e. The number of pyridine rings is 1. The zero-order valence-electron chi connectivity index (χ0n) is 10.5.